The maximum Gasteiger partial charge on any atom is 0.339 e. The third-order valence-corrected chi connectivity index (χ3v) is 2.88. The molecule has 0 saturated heterocycles. The Morgan fingerprint density at radius 1 is 0.864 bits per heavy atom. The topological polar surface area (TPSA) is 126 Å². The van der Waals surface area contributed by atoms with Gasteiger partial charge in [0.15, 0.2) is 0 Å². The molecule has 0 fully saturated rings. The van der Waals surface area contributed by atoms with Crippen molar-refractivity contribution in [2.75, 3.05) is 5.73 Å². The summed E-state index contributed by atoms with van der Waals surface area (Å²) < 4.78 is 0. The Kier molecular flexibility index (Phi) is 6.36. The monoisotopic (exact) mass is 363 g/mol. The number of pyridine rings is 2. The van der Waals surface area contributed by atoms with Gasteiger partial charge in [-0.15, -0.1) is 0 Å². The van der Waals surface area contributed by atoms with Crippen molar-refractivity contribution in [2.45, 2.75) is 0 Å². The van der Waals surface area contributed by atoms with Crippen LogP contribution in [0.3, 0.4) is 0 Å². The second kappa shape index (κ2) is 7.79. The van der Waals surface area contributed by atoms with Crippen molar-refractivity contribution in [3.05, 3.63) is 50.9 Å². The molecular weight excluding hydrogens is 357 g/mol. The fourth-order valence-corrected chi connectivity index (χ4v) is 1.78. The molecule has 0 aliphatic heterocycles. The second-order valence-electron chi connectivity index (χ2n) is 3.65. The van der Waals surface area contributed by atoms with Gasteiger partial charge in [0.05, 0.1) is 5.56 Å². The zero-order valence-corrected chi connectivity index (χ0v) is 12.9. The molecule has 0 aliphatic rings. The van der Waals surface area contributed by atoms with E-state index in [-0.39, 0.29) is 32.4 Å². The second-order valence-corrected chi connectivity index (χ2v) is 4.78. The maximum absolute atomic E-state index is 10.4. The molecule has 0 unspecified atom stereocenters. The third kappa shape index (κ3) is 5.03. The molecule has 22 heavy (non-hydrogen) atoms. The van der Waals surface area contributed by atoms with Crippen molar-refractivity contribution in [3.8, 4) is 0 Å². The molecule has 0 radical (unpaired) electrons. The highest BCUT2D eigenvalue weighted by Gasteiger charge is 2.09. The van der Waals surface area contributed by atoms with Gasteiger partial charge in [0.2, 0.25) is 0 Å². The zero-order valence-electron chi connectivity index (χ0n) is 10.6. The van der Waals surface area contributed by atoms with Crippen molar-refractivity contribution in [1.82, 2.24) is 9.97 Å². The van der Waals surface area contributed by atoms with Crippen LogP contribution in [0, 0.1) is 0 Å². The van der Waals surface area contributed by atoms with E-state index >= 15 is 0 Å². The van der Waals surface area contributed by atoms with E-state index in [0.717, 1.165) is 0 Å². The molecule has 0 atom stereocenters. The fraction of sp³-hybridized carbons (Fsp3) is 0. The van der Waals surface area contributed by atoms with Crippen LogP contribution in [-0.2, 0) is 0 Å². The maximum atomic E-state index is 10.4. The van der Waals surface area contributed by atoms with Crippen LogP contribution in [0.4, 0.5) is 5.82 Å². The Morgan fingerprint density at radius 3 is 1.73 bits per heavy atom. The first kappa shape index (κ1) is 18.0. The molecule has 0 saturated carbocycles. The highest BCUT2D eigenvalue weighted by atomic mass is 35.5. The standard InChI is InChI=1S/C6H3Cl2NO2.C6H5ClN2O2/c2*7-4-2-1-3(6(10)11)5(8)9-4/h1-2H,(H,10,11);1-2H,(H2,8,9)(H,10,11). The number of carboxylic acids is 2. The van der Waals surface area contributed by atoms with E-state index in [0.29, 0.717) is 0 Å². The number of aromatic carboxylic acids is 2. The molecule has 0 amide bonds. The number of nitrogens with zero attached hydrogens (tertiary/aromatic N) is 2. The van der Waals surface area contributed by atoms with Crippen molar-refractivity contribution in [3.63, 3.8) is 0 Å². The average Bonchev–Trinajstić information content (AvgIpc) is 2.38. The molecule has 2 heterocycles. The van der Waals surface area contributed by atoms with Crippen molar-refractivity contribution < 1.29 is 19.8 Å². The van der Waals surface area contributed by atoms with E-state index in [9.17, 15) is 9.59 Å². The van der Waals surface area contributed by atoms with Crippen LogP contribution < -0.4 is 5.73 Å². The Bertz CT molecular complexity index is 663. The fourth-order valence-electron chi connectivity index (χ4n) is 1.20. The van der Waals surface area contributed by atoms with E-state index < -0.39 is 11.9 Å². The molecule has 2 rings (SSSR count). The quantitative estimate of drug-likeness (QED) is 0.699. The highest BCUT2D eigenvalue weighted by molar-refractivity contribution is 6.34. The van der Waals surface area contributed by atoms with Crippen molar-refractivity contribution >= 4 is 52.6 Å². The lowest BCUT2D eigenvalue weighted by Crippen LogP contribution is -2.03. The average molecular weight is 365 g/mol. The number of hydrogen-bond donors (Lipinski definition) is 3. The first-order valence-electron chi connectivity index (χ1n) is 5.43. The minimum Gasteiger partial charge on any atom is -0.478 e. The van der Waals surface area contributed by atoms with E-state index in [2.05, 4.69) is 9.97 Å². The highest BCUT2D eigenvalue weighted by Crippen LogP contribution is 2.16. The van der Waals surface area contributed by atoms with Crippen molar-refractivity contribution in [2.24, 2.45) is 0 Å². The number of nitrogen functional groups attached to an aromatic ring is 1. The SMILES string of the molecule is Nc1nc(Cl)ccc1C(=O)O.O=C(O)c1ccc(Cl)nc1Cl. The first-order chi connectivity index (χ1) is 10.2. The van der Waals surface area contributed by atoms with Crippen LogP contribution in [-0.4, -0.2) is 32.1 Å². The van der Waals surface area contributed by atoms with E-state index in [4.69, 9.17) is 50.7 Å². The number of carboxylic acid groups (broad SMARTS) is 2. The molecule has 2 aromatic rings. The summed E-state index contributed by atoms with van der Waals surface area (Å²) in [7, 11) is 0. The predicted molar refractivity (Wildman–Crippen MR) is 81.8 cm³/mol. The van der Waals surface area contributed by atoms with Gasteiger partial charge in [0, 0.05) is 0 Å². The molecule has 4 N–H and O–H groups in total. The largest absolute Gasteiger partial charge is 0.478 e. The van der Waals surface area contributed by atoms with Crippen LogP contribution >= 0.6 is 34.8 Å². The van der Waals surface area contributed by atoms with Gasteiger partial charge in [-0.3, -0.25) is 0 Å². The van der Waals surface area contributed by atoms with E-state index in [1.807, 2.05) is 0 Å². The zero-order chi connectivity index (χ0) is 16.9. The predicted octanol–water partition coefficient (Wildman–Crippen LogP) is 3.10. The summed E-state index contributed by atoms with van der Waals surface area (Å²) in [5, 5.41) is 17.3. The minimum absolute atomic E-state index is 0.0330. The Balaban J connectivity index is 0.000000220. The Hall–Kier alpha value is -2.09. The van der Waals surface area contributed by atoms with Crippen LogP contribution in [0.1, 0.15) is 20.7 Å². The number of aromatic nitrogens is 2. The molecular formula is C12H8Cl3N3O4. The van der Waals surface area contributed by atoms with Gasteiger partial charge >= 0.3 is 11.9 Å². The summed E-state index contributed by atoms with van der Waals surface area (Å²) in [5.74, 6) is -2.28. The Labute approximate surface area is 139 Å². The van der Waals surface area contributed by atoms with Gasteiger partial charge in [-0.05, 0) is 24.3 Å². The number of rotatable bonds is 2. The number of hydrogen-bond acceptors (Lipinski definition) is 5. The lowest BCUT2D eigenvalue weighted by molar-refractivity contribution is 0.0686. The molecule has 10 heteroatoms. The van der Waals surface area contributed by atoms with Gasteiger partial charge in [0.25, 0.3) is 0 Å². The summed E-state index contributed by atoms with van der Waals surface area (Å²) in [4.78, 5) is 27.8. The number of anilines is 1. The molecule has 0 aliphatic carbocycles. The lowest BCUT2D eigenvalue weighted by Gasteiger charge is -1.97. The summed E-state index contributed by atoms with van der Waals surface area (Å²) in [6.45, 7) is 0. The van der Waals surface area contributed by atoms with Gasteiger partial charge in [0.1, 0.15) is 26.8 Å². The van der Waals surface area contributed by atoms with Gasteiger partial charge in [-0.2, -0.15) is 0 Å². The molecule has 0 aromatic carbocycles. The van der Waals surface area contributed by atoms with Crippen LogP contribution in [0.2, 0.25) is 15.5 Å². The van der Waals surface area contributed by atoms with Crippen molar-refractivity contribution in [1.29, 1.82) is 0 Å². The number of nitrogens with two attached hydrogens (primary N) is 1. The number of halogens is 3. The normalized spacial score (nSPS) is 9.59. The third-order valence-electron chi connectivity index (χ3n) is 2.17. The van der Waals surface area contributed by atoms with Crippen LogP contribution in [0.15, 0.2) is 24.3 Å². The summed E-state index contributed by atoms with van der Waals surface area (Å²) in [6, 6.07) is 5.37. The first-order valence-corrected chi connectivity index (χ1v) is 6.56. The summed E-state index contributed by atoms with van der Waals surface area (Å²) >= 11 is 16.3. The number of carbonyl (C=O) groups is 2. The smallest absolute Gasteiger partial charge is 0.339 e. The van der Waals surface area contributed by atoms with Gasteiger partial charge < -0.3 is 15.9 Å². The lowest BCUT2D eigenvalue weighted by atomic mass is 10.3. The van der Waals surface area contributed by atoms with Crippen LogP contribution in [0.5, 0.6) is 0 Å². The van der Waals surface area contributed by atoms with E-state index in [1.165, 1.54) is 24.3 Å². The summed E-state index contributed by atoms with van der Waals surface area (Å²) in [5.41, 5.74) is 5.17. The molecule has 7 nitrogen and oxygen atoms in total. The summed E-state index contributed by atoms with van der Waals surface area (Å²) in [6.07, 6.45) is 0. The molecule has 0 spiro atoms. The Morgan fingerprint density at radius 2 is 1.32 bits per heavy atom. The molecule has 0 bridgehead atoms. The van der Waals surface area contributed by atoms with Gasteiger partial charge in [-0.1, -0.05) is 34.8 Å². The van der Waals surface area contributed by atoms with Crippen LogP contribution in [0.25, 0.3) is 0 Å². The molecule has 116 valence electrons. The van der Waals surface area contributed by atoms with Gasteiger partial charge in [-0.25, -0.2) is 19.6 Å². The minimum atomic E-state index is -1.11. The van der Waals surface area contributed by atoms with E-state index in [1.54, 1.807) is 0 Å². The molecule has 2 aromatic heterocycles.